The van der Waals surface area contributed by atoms with Crippen LogP contribution in [0.2, 0.25) is 0 Å². The van der Waals surface area contributed by atoms with Crippen molar-refractivity contribution in [3.63, 3.8) is 0 Å². The SMILES string of the molecule is CC(O)CN(C)S(=O)(=O)c1ccc(/C=C/C(=O)O)cc1F. The molecule has 0 aliphatic carbocycles. The number of nitrogens with zero attached hydrogens (tertiary/aromatic N) is 1. The van der Waals surface area contributed by atoms with E-state index in [0.717, 1.165) is 28.6 Å². The minimum atomic E-state index is -4.05. The molecule has 0 spiro atoms. The van der Waals surface area contributed by atoms with Gasteiger partial charge in [-0.15, -0.1) is 0 Å². The van der Waals surface area contributed by atoms with Crippen molar-refractivity contribution in [2.24, 2.45) is 0 Å². The van der Waals surface area contributed by atoms with Crippen molar-refractivity contribution in [1.29, 1.82) is 0 Å². The fourth-order valence-corrected chi connectivity index (χ4v) is 2.93. The highest BCUT2D eigenvalue weighted by atomic mass is 32.2. The lowest BCUT2D eigenvalue weighted by atomic mass is 10.2. The molecule has 0 aromatic heterocycles. The molecule has 0 aliphatic rings. The van der Waals surface area contributed by atoms with Crippen molar-refractivity contribution in [2.75, 3.05) is 13.6 Å². The van der Waals surface area contributed by atoms with Crippen molar-refractivity contribution in [3.8, 4) is 0 Å². The predicted molar refractivity (Wildman–Crippen MR) is 74.6 cm³/mol. The van der Waals surface area contributed by atoms with Crippen molar-refractivity contribution in [2.45, 2.75) is 17.9 Å². The Morgan fingerprint density at radius 2 is 2.10 bits per heavy atom. The van der Waals surface area contributed by atoms with Crippen LogP contribution in [0.4, 0.5) is 4.39 Å². The smallest absolute Gasteiger partial charge is 0.328 e. The van der Waals surface area contributed by atoms with Crippen LogP contribution in [-0.2, 0) is 14.8 Å². The Bertz CT molecular complexity index is 655. The summed E-state index contributed by atoms with van der Waals surface area (Å²) in [6, 6.07) is 3.29. The van der Waals surface area contributed by atoms with Crippen molar-refractivity contribution < 1.29 is 27.8 Å². The number of sulfonamides is 1. The van der Waals surface area contributed by atoms with Gasteiger partial charge >= 0.3 is 5.97 Å². The van der Waals surface area contributed by atoms with Crippen molar-refractivity contribution >= 4 is 22.1 Å². The van der Waals surface area contributed by atoms with E-state index in [4.69, 9.17) is 5.11 Å². The molecule has 116 valence electrons. The Labute approximate surface area is 122 Å². The Hall–Kier alpha value is -1.77. The van der Waals surface area contributed by atoms with E-state index < -0.39 is 32.8 Å². The zero-order valence-corrected chi connectivity index (χ0v) is 12.3. The summed E-state index contributed by atoms with van der Waals surface area (Å²) < 4.78 is 39.0. The summed E-state index contributed by atoms with van der Waals surface area (Å²) in [4.78, 5) is 9.84. The van der Waals surface area contributed by atoms with Gasteiger partial charge in [-0.2, -0.15) is 4.31 Å². The molecule has 1 unspecified atom stereocenters. The number of aliphatic hydroxyl groups is 1. The van der Waals surface area contributed by atoms with Crippen LogP contribution in [0.5, 0.6) is 0 Å². The average molecular weight is 317 g/mol. The highest BCUT2D eigenvalue weighted by molar-refractivity contribution is 7.89. The van der Waals surface area contributed by atoms with E-state index >= 15 is 0 Å². The largest absolute Gasteiger partial charge is 0.478 e. The van der Waals surface area contributed by atoms with Gasteiger partial charge in [-0.05, 0) is 30.7 Å². The first kappa shape index (κ1) is 17.3. The highest BCUT2D eigenvalue weighted by Gasteiger charge is 2.25. The van der Waals surface area contributed by atoms with Gasteiger partial charge in [0, 0.05) is 19.7 Å². The summed E-state index contributed by atoms with van der Waals surface area (Å²) in [5.41, 5.74) is 0.229. The lowest BCUT2D eigenvalue weighted by Crippen LogP contribution is -2.33. The van der Waals surface area contributed by atoms with Crippen LogP contribution in [0.3, 0.4) is 0 Å². The number of hydrogen-bond donors (Lipinski definition) is 2. The van der Waals surface area contributed by atoms with Gasteiger partial charge in [-0.25, -0.2) is 17.6 Å². The first-order chi connectivity index (χ1) is 9.64. The molecular formula is C13H16FNO5S. The standard InChI is InChI=1S/C13H16FNO5S/c1-9(16)8-15(2)21(19,20)12-5-3-10(7-11(12)14)4-6-13(17)18/h3-7,9,16H,8H2,1-2H3,(H,17,18)/b6-4+. The van der Waals surface area contributed by atoms with E-state index in [2.05, 4.69) is 0 Å². The zero-order chi connectivity index (χ0) is 16.2. The van der Waals surface area contributed by atoms with Crippen LogP contribution in [-0.4, -0.2) is 48.6 Å². The van der Waals surface area contributed by atoms with E-state index in [-0.39, 0.29) is 12.1 Å². The molecule has 0 fully saturated rings. The Morgan fingerprint density at radius 3 is 2.57 bits per heavy atom. The second-order valence-electron chi connectivity index (χ2n) is 4.50. The van der Waals surface area contributed by atoms with E-state index in [9.17, 15) is 22.7 Å². The second kappa shape index (κ2) is 6.79. The number of carboxylic acids is 1. The van der Waals surface area contributed by atoms with Gasteiger partial charge in [0.25, 0.3) is 0 Å². The van der Waals surface area contributed by atoms with Gasteiger partial charge in [0.05, 0.1) is 6.10 Å². The Kier molecular flexibility index (Phi) is 5.59. The molecule has 1 rings (SSSR count). The van der Waals surface area contributed by atoms with E-state index in [1.807, 2.05) is 0 Å². The number of halogens is 1. The third-order valence-corrected chi connectivity index (χ3v) is 4.44. The molecule has 1 aromatic carbocycles. The van der Waals surface area contributed by atoms with Crippen LogP contribution in [0.15, 0.2) is 29.2 Å². The summed E-state index contributed by atoms with van der Waals surface area (Å²) in [5, 5.41) is 17.7. The molecule has 8 heteroatoms. The molecule has 0 amide bonds. The summed E-state index contributed by atoms with van der Waals surface area (Å²) >= 11 is 0. The molecular weight excluding hydrogens is 301 g/mol. The lowest BCUT2D eigenvalue weighted by molar-refractivity contribution is -0.131. The van der Waals surface area contributed by atoms with E-state index in [0.29, 0.717) is 0 Å². The molecule has 1 aromatic rings. The highest BCUT2D eigenvalue weighted by Crippen LogP contribution is 2.20. The van der Waals surface area contributed by atoms with Gasteiger partial charge in [0.15, 0.2) is 0 Å². The maximum absolute atomic E-state index is 13.9. The van der Waals surface area contributed by atoms with Gasteiger partial charge in [0.1, 0.15) is 10.7 Å². The van der Waals surface area contributed by atoms with Crippen LogP contribution >= 0.6 is 0 Å². The first-order valence-electron chi connectivity index (χ1n) is 5.99. The third-order valence-electron chi connectivity index (χ3n) is 2.58. The molecule has 6 nitrogen and oxygen atoms in total. The normalized spacial score (nSPS) is 13.8. The number of aliphatic carboxylic acids is 1. The number of rotatable bonds is 6. The molecule has 0 aliphatic heterocycles. The van der Waals surface area contributed by atoms with E-state index in [1.54, 1.807) is 0 Å². The number of benzene rings is 1. The molecule has 0 radical (unpaired) electrons. The predicted octanol–water partition coefficient (Wildman–Crippen LogP) is 0.925. The number of hydrogen-bond acceptors (Lipinski definition) is 4. The molecule has 0 heterocycles. The molecule has 0 bridgehead atoms. The number of carboxylic acid groups (broad SMARTS) is 1. The minimum absolute atomic E-state index is 0.164. The maximum atomic E-state index is 13.9. The molecule has 1 atom stereocenters. The number of carbonyl (C=O) groups is 1. The average Bonchev–Trinajstić information content (AvgIpc) is 2.35. The summed E-state index contributed by atoms with van der Waals surface area (Å²) in [7, 11) is -2.82. The van der Waals surface area contributed by atoms with Gasteiger partial charge < -0.3 is 10.2 Å². The topological polar surface area (TPSA) is 94.9 Å². The van der Waals surface area contributed by atoms with Crippen molar-refractivity contribution in [3.05, 3.63) is 35.7 Å². The first-order valence-corrected chi connectivity index (χ1v) is 7.43. The summed E-state index contributed by atoms with van der Waals surface area (Å²) in [6.07, 6.45) is 1.09. The summed E-state index contributed by atoms with van der Waals surface area (Å²) in [5.74, 6) is -2.18. The van der Waals surface area contributed by atoms with Gasteiger partial charge in [-0.1, -0.05) is 6.07 Å². The number of likely N-dealkylation sites (N-methyl/N-ethyl adjacent to an activating group) is 1. The Balaban J connectivity index is 3.12. The van der Waals surface area contributed by atoms with Crippen LogP contribution < -0.4 is 0 Å². The molecule has 2 N–H and O–H groups in total. The fourth-order valence-electron chi connectivity index (χ4n) is 1.64. The summed E-state index contributed by atoms with van der Waals surface area (Å²) in [6.45, 7) is 1.25. The molecule has 0 saturated carbocycles. The van der Waals surface area contributed by atoms with Gasteiger partial charge in [-0.3, -0.25) is 0 Å². The lowest BCUT2D eigenvalue weighted by Gasteiger charge is -2.19. The van der Waals surface area contributed by atoms with Gasteiger partial charge in [0.2, 0.25) is 10.0 Å². The maximum Gasteiger partial charge on any atom is 0.328 e. The number of aliphatic hydroxyl groups excluding tert-OH is 1. The van der Waals surface area contributed by atoms with Crippen molar-refractivity contribution in [1.82, 2.24) is 4.31 Å². The zero-order valence-electron chi connectivity index (χ0n) is 11.5. The monoisotopic (exact) mass is 317 g/mol. The van der Waals surface area contributed by atoms with Crippen LogP contribution in [0.1, 0.15) is 12.5 Å². The Morgan fingerprint density at radius 1 is 1.48 bits per heavy atom. The van der Waals surface area contributed by atoms with E-state index in [1.165, 1.54) is 20.0 Å². The third kappa shape index (κ3) is 4.62. The molecule has 21 heavy (non-hydrogen) atoms. The van der Waals surface area contributed by atoms with Crippen LogP contribution in [0, 0.1) is 5.82 Å². The molecule has 0 saturated heterocycles. The minimum Gasteiger partial charge on any atom is -0.478 e. The second-order valence-corrected chi connectivity index (χ2v) is 6.51. The van der Waals surface area contributed by atoms with Crippen LogP contribution in [0.25, 0.3) is 6.08 Å². The quantitative estimate of drug-likeness (QED) is 0.761. The fraction of sp³-hybridized carbons (Fsp3) is 0.308.